The first-order valence-electron chi connectivity index (χ1n) is 11.3. The molecule has 2 aliphatic rings. The van der Waals surface area contributed by atoms with Gasteiger partial charge >= 0.3 is 0 Å². The van der Waals surface area contributed by atoms with Gasteiger partial charge in [-0.15, -0.1) is 11.3 Å². The number of alkyl halides is 1. The number of piperidine rings is 1. The molecule has 0 spiro atoms. The van der Waals surface area contributed by atoms with Gasteiger partial charge in [-0.05, 0) is 84.9 Å². The largest absolute Gasteiger partial charge is 0.339 e. The van der Waals surface area contributed by atoms with E-state index in [1.807, 2.05) is 29.2 Å². The van der Waals surface area contributed by atoms with E-state index >= 15 is 0 Å². The predicted molar refractivity (Wildman–Crippen MR) is 129 cm³/mol. The Bertz CT molecular complexity index is 1150. The zero-order valence-corrected chi connectivity index (χ0v) is 19.7. The minimum atomic E-state index is -1.27. The molecule has 2 fully saturated rings. The van der Waals surface area contributed by atoms with Crippen LogP contribution in [0.1, 0.15) is 55.1 Å². The van der Waals surface area contributed by atoms with Crippen LogP contribution >= 0.6 is 22.9 Å². The number of aromatic nitrogens is 1. The molecule has 1 saturated carbocycles. The van der Waals surface area contributed by atoms with Crippen molar-refractivity contribution in [3.63, 3.8) is 0 Å². The number of thiophene rings is 1. The molecule has 0 N–H and O–H groups in total. The first kappa shape index (κ1) is 21.6. The fourth-order valence-electron chi connectivity index (χ4n) is 4.47. The number of hydrogen-bond acceptors (Lipinski definition) is 3. The Kier molecular flexibility index (Phi) is 5.81. The number of hydrogen-bond donors (Lipinski definition) is 0. The van der Waals surface area contributed by atoms with Gasteiger partial charge in [0.2, 0.25) is 0 Å². The highest BCUT2D eigenvalue weighted by Gasteiger charge is 2.40. The second kappa shape index (κ2) is 8.60. The van der Waals surface area contributed by atoms with E-state index in [2.05, 4.69) is 23.4 Å². The number of likely N-dealkylation sites (tertiary alicyclic amines) is 1. The third kappa shape index (κ3) is 4.08. The summed E-state index contributed by atoms with van der Waals surface area (Å²) in [6, 6.07) is 11.4. The van der Waals surface area contributed by atoms with Crippen molar-refractivity contribution in [3.05, 3.63) is 64.3 Å². The molecule has 1 aliphatic heterocycles. The van der Waals surface area contributed by atoms with E-state index in [1.54, 1.807) is 23.6 Å². The molecule has 0 unspecified atom stereocenters. The topological polar surface area (TPSA) is 33.2 Å². The third-order valence-electron chi connectivity index (χ3n) is 6.85. The summed E-state index contributed by atoms with van der Waals surface area (Å²) in [6.45, 7) is 3.85. The number of nitrogens with zero attached hydrogens (tertiary/aromatic N) is 2. The standard InChI is InChI=1S/C26H26ClFN2OS/c1-17-6-11-30(12-7-17)25(31)19-3-4-21(22(27)13-19)23-14-20(16-32-23)18-5-10-29-24(15-18)26(28)8-2-9-26/h3-5,10,13-17H,2,6-9,11-12H2,1H3. The molecule has 5 rings (SSSR count). The maximum Gasteiger partial charge on any atom is 0.253 e. The van der Waals surface area contributed by atoms with Crippen LogP contribution in [-0.2, 0) is 5.67 Å². The lowest BCUT2D eigenvalue weighted by atomic mass is 9.79. The molecule has 1 saturated heterocycles. The Morgan fingerprint density at radius 1 is 1.16 bits per heavy atom. The quantitative estimate of drug-likeness (QED) is 0.401. The van der Waals surface area contributed by atoms with Crippen molar-refractivity contribution in [2.45, 2.75) is 44.7 Å². The summed E-state index contributed by atoms with van der Waals surface area (Å²) in [6.07, 6.45) is 5.81. The molecule has 1 aliphatic carbocycles. The van der Waals surface area contributed by atoms with Crippen LogP contribution in [0.5, 0.6) is 0 Å². The molecule has 3 nitrogen and oxygen atoms in total. The van der Waals surface area contributed by atoms with Crippen molar-refractivity contribution >= 4 is 28.8 Å². The smallest absolute Gasteiger partial charge is 0.253 e. The summed E-state index contributed by atoms with van der Waals surface area (Å²) in [7, 11) is 0. The number of carbonyl (C=O) groups is 1. The Hall–Kier alpha value is -2.24. The van der Waals surface area contributed by atoms with Gasteiger partial charge in [0.05, 0.1) is 10.7 Å². The minimum Gasteiger partial charge on any atom is -0.339 e. The van der Waals surface area contributed by atoms with Crippen LogP contribution in [0.25, 0.3) is 21.6 Å². The van der Waals surface area contributed by atoms with Crippen LogP contribution in [0.2, 0.25) is 5.02 Å². The molecule has 0 radical (unpaired) electrons. The minimum absolute atomic E-state index is 0.0534. The SMILES string of the molecule is CC1CCN(C(=O)c2ccc(-c3cc(-c4ccnc(C5(F)CCC5)c4)cs3)c(Cl)c2)CC1. The Morgan fingerprint density at radius 3 is 2.62 bits per heavy atom. The predicted octanol–water partition coefficient (Wildman–Crippen LogP) is 7.35. The lowest BCUT2D eigenvalue weighted by molar-refractivity contribution is 0.0560. The monoisotopic (exact) mass is 468 g/mol. The average molecular weight is 469 g/mol. The number of carbonyl (C=O) groups excluding carboxylic acids is 1. The average Bonchev–Trinajstić information content (AvgIpc) is 3.27. The zero-order chi connectivity index (χ0) is 22.3. The number of rotatable bonds is 4. The molecule has 6 heteroatoms. The van der Waals surface area contributed by atoms with E-state index in [0.29, 0.717) is 35.0 Å². The molecule has 0 atom stereocenters. The van der Waals surface area contributed by atoms with Crippen LogP contribution in [0.4, 0.5) is 4.39 Å². The summed E-state index contributed by atoms with van der Waals surface area (Å²) >= 11 is 8.21. The van der Waals surface area contributed by atoms with Crippen molar-refractivity contribution in [1.29, 1.82) is 0 Å². The molecular formula is C26H26ClFN2OS. The van der Waals surface area contributed by atoms with Crippen LogP contribution in [0, 0.1) is 5.92 Å². The van der Waals surface area contributed by atoms with Gasteiger partial charge in [-0.1, -0.05) is 24.6 Å². The first-order valence-corrected chi connectivity index (χ1v) is 12.5. The second-order valence-corrected chi connectivity index (χ2v) is 10.4. The lowest BCUT2D eigenvalue weighted by Crippen LogP contribution is -2.37. The van der Waals surface area contributed by atoms with Crippen LogP contribution in [-0.4, -0.2) is 28.9 Å². The molecule has 0 bridgehead atoms. The van der Waals surface area contributed by atoms with Gasteiger partial charge in [0.1, 0.15) is 0 Å². The van der Waals surface area contributed by atoms with Gasteiger partial charge in [0, 0.05) is 35.3 Å². The van der Waals surface area contributed by atoms with Crippen LogP contribution in [0.15, 0.2) is 48.0 Å². The van der Waals surface area contributed by atoms with Gasteiger partial charge in [0.25, 0.3) is 5.91 Å². The van der Waals surface area contributed by atoms with Gasteiger partial charge < -0.3 is 4.90 Å². The van der Waals surface area contributed by atoms with Crippen LogP contribution in [0.3, 0.4) is 0 Å². The summed E-state index contributed by atoms with van der Waals surface area (Å²) in [5.41, 5.74) is 2.79. The van der Waals surface area contributed by atoms with Gasteiger partial charge in [-0.2, -0.15) is 0 Å². The summed E-state index contributed by atoms with van der Waals surface area (Å²) < 4.78 is 14.8. The highest BCUT2D eigenvalue weighted by molar-refractivity contribution is 7.14. The number of halogens is 2. The molecular weight excluding hydrogens is 443 g/mol. The summed E-state index contributed by atoms with van der Waals surface area (Å²) in [4.78, 5) is 20.1. The third-order valence-corrected chi connectivity index (χ3v) is 8.13. The second-order valence-electron chi connectivity index (χ2n) is 9.12. The van der Waals surface area contributed by atoms with Gasteiger partial charge in [-0.3, -0.25) is 9.78 Å². The lowest BCUT2D eigenvalue weighted by Gasteiger charge is -2.33. The first-order chi connectivity index (χ1) is 15.4. The van der Waals surface area contributed by atoms with Crippen molar-refractivity contribution in [1.82, 2.24) is 9.88 Å². The maximum atomic E-state index is 14.8. The Balaban J connectivity index is 1.36. The zero-order valence-electron chi connectivity index (χ0n) is 18.1. The van der Waals surface area contributed by atoms with E-state index in [1.165, 1.54) is 0 Å². The Morgan fingerprint density at radius 2 is 1.94 bits per heavy atom. The van der Waals surface area contributed by atoms with E-state index in [0.717, 1.165) is 53.9 Å². The van der Waals surface area contributed by atoms with Crippen LogP contribution < -0.4 is 0 Å². The molecule has 166 valence electrons. The summed E-state index contributed by atoms with van der Waals surface area (Å²) in [5.74, 6) is 0.733. The number of amides is 1. The van der Waals surface area contributed by atoms with Gasteiger partial charge in [-0.25, -0.2) is 4.39 Å². The van der Waals surface area contributed by atoms with Crippen molar-refractivity contribution in [2.24, 2.45) is 5.92 Å². The summed E-state index contributed by atoms with van der Waals surface area (Å²) in [5, 5.41) is 2.63. The van der Waals surface area contributed by atoms with Gasteiger partial charge in [0.15, 0.2) is 5.67 Å². The highest BCUT2D eigenvalue weighted by Crippen LogP contribution is 2.45. The van der Waals surface area contributed by atoms with E-state index in [9.17, 15) is 9.18 Å². The van der Waals surface area contributed by atoms with Crippen molar-refractivity contribution in [2.75, 3.05) is 13.1 Å². The Labute approximate surface area is 197 Å². The molecule has 3 heterocycles. The molecule has 3 aromatic rings. The molecule has 2 aromatic heterocycles. The van der Waals surface area contributed by atoms with E-state index < -0.39 is 5.67 Å². The normalized spacial score (nSPS) is 18.4. The van der Waals surface area contributed by atoms with E-state index in [-0.39, 0.29) is 5.91 Å². The fraction of sp³-hybridized carbons (Fsp3) is 0.385. The molecule has 1 aromatic carbocycles. The number of pyridine rings is 1. The van der Waals surface area contributed by atoms with E-state index in [4.69, 9.17) is 11.6 Å². The fourth-order valence-corrected chi connectivity index (χ4v) is 5.77. The van der Waals surface area contributed by atoms with Crippen molar-refractivity contribution in [3.8, 4) is 21.6 Å². The maximum absolute atomic E-state index is 14.8. The molecule has 32 heavy (non-hydrogen) atoms. The van der Waals surface area contributed by atoms with Crippen molar-refractivity contribution < 1.29 is 9.18 Å². The number of benzene rings is 1. The highest BCUT2D eigenvalue weighted by atomic mass is 35.5. The molecule has 1 amide bonds.